The molecule has 1 heterocycles. The second kappa shape index (κ2) is 7.81. The van der Waals surface area contributed by atoms with Gasteiger partial charge in [0.1, 0.15) is 5.75 Å². The van der Waals surface area contributed by atoms with Crippen LogP contribution < -0.4 is 10.5 Å². The zero-order valence-electron chi connectivity index (χ0n) is 13.8. The molecule has 1 aliphatic rings. The van der Waals surface area contributed by atoms with E-state index in [9.17, 15) is 9.59 Å². The van der Waals surface area contributed by atoms with Crippen LogP contribution in [0.5, 0.6) is 5.75 Å². The SMILES string of the molecule is NC(=O)c1ccc(OC(C(=O)N2CCOCC2)c2ccccc2)cc1. The fraction of sp³-hybridized carbons (Fsp3) is 0.263. The average molecular weight is 340 g/mol. The Kier molecular flexibility index (Phi) is 5.30. The summed E-state index contributed by atoms with van der Waals surface area (Å²) in [5.41, 5.74) is 6.42. The Morgan fingerprint density at radius 3 is 2.24 bits per heavy atom. The third kappa shape index (κ3) is 4.16. The first-order valence-electron chi connectivity index (χ1n) is 8.13. The summed E-state index contributed by atoms with van der Waals surface area (Å²) in [6, 6.07) is 15.8. The lowest BCUT2D eigenvalue weighted by molar-refractivity contribution is -0.143. The van der Waals surface area contributed by atoms with Gasteiger partial charge in [0.05, 0.1) is 13.2 Å². The summed E-state index contributed by atoms with van der Waals surface area (Å²) in [6.45, 7) is 2.15. The summed E-state index contributed by atoms with van der Waals surface area (Å²) >= 11 is 0. The molecule has 0 aliphatic carbocycles. The predicted octanol–water partition coefficient (Wildman–Crippen LogP) is 1.76. The molecule has 0 saturated carbocycles. The molecule has 1 saturated heterocycles. The second-order valence-electron chi connectivity index (χ2n) is 5.73. The van der Waals surface area contributed by atoms with Gasteiger partial charge in [-0.05, 0) is 24.3 Å². The Balaban J connectivity index is 1.83. The largest absolute Gasteiger partial charge is 0.476 e. The van der Waals surface area contributed by atoms with E-state index < -0.39 is 12.0 Å². The van der Waals surface area contributed by atoms with Crippen molar-refractivity contribution in [3.8, 4) is 5.75 Å². The van der Waals surface area contributed by atoms with Gasteiger partial charge in [-0.25, -0.2) is 0 Å². The van der Waals surface area contributed by atoms with Crippen molar-refractivity contribution in [3.63, 3.8) is 0 Å². The van der Waals surface area contributed by atoms with Crippen molar-refractivity contribution in [2.45, 2.75) is 6.10 Å². The van der Waals surface area contributed by atoms with Crippen LogP contribution in [0.1, 0.15) is 22.0 Å². The number of benzene rings is 2. The van der Waals surface area contributed by atoms with Gasteiger partial charge >= 0.3 is 0 Å². The highest BCUT2D eigenvalue weighted by Gasteiger charge is 2.29. The summed E-state index contributed by atoms with van der Waals surface area (Å²) in [7, 11) is 0. The smallest absolute Gasteiger partial charge is 0.268 e. The minimum absolute atomic E-state index is 0.103. The fourth-order valence-corrected chi connectivity index (χ4v) is 2.67. The molecule has 2 amide bonds. The number of nitrogens with zero attached hydrogens (tertiary/aromatic N) is 1. The minimum Gasteiger partial charge on any atom is -0.476 e. The molecular formula is C19H20N2O4. The van der Waals surface area contributed by atoms with Crippen LogP contribution in [0.4, 0.5) is 0 Å². The molecule has 2 aromatic rings. The lowest BCUT2D eigenvalue weighted by Crippen LogP contribution is -2.44. The quantitative estimate of drug-likeness (QED) is 0.899. The van der Waals surface area contributed by atoms with E-state index >= 15 is 0 Å². The van der Waals surface area contributed by atoms with Crippen molar-refractivity contribution < 1.29 is 19.1 Å². The molecule has 2 N–H and O–H groups in total. The molecule has 130 valence electrons. The van der Waals surface area contributed by atoms with E-state index in [0.29, 0.717) is 37.6 Å². The first kappa shape index (κ1) is 17.0. The highest BCUT2D eigenvalue weighted by Crippen LogP contribution is 2.25. The molecule has 1 fully saturated rings. The molecule has 1 unspecified atom stereocenters. The lowest BCUT2D eigenvalue weighted by Gasteiger charge is -2.30. The van der Waals surface area contributed by atoms with E-state index in [1.807, 2.05) is 30.3 Å². The molecule has 1 atom stereocenters. The number of amides is 2. The van der Waals surface area contributed by atoms with Gasteiger partial charge in [-0.1, -0.05) is 30.3 Å². The van der Waals surface area contributed by atoms with Crippen LogP contribution in [0.25, 0.3) is 0 Å². The molecule has 1 aliphatic heterocycles. The van der Waals surface area contributed by atoms with Crippen LogP contribution in [-0.4, -0.2) is 43.0 Å². The number of rotatable bonds is 5. The number of carbonyl (C=O) groups is 2. The van der Waals surface area contributed by atoms with Crippen LogP contribution in [0.15, 0.2) is 54.6 Å². The summed E-state index contributed by atoms with van der Waals surface area (Å²) in [4.78, 5) is 25.9. The number of hydrogen-bond donors (Lipinski definition) is 1. The molecule has 0 spiro atoms. The molecule has 0 bridgehead atoms. The second-order valence-corrected chi connectivity index (χ2v) is 5.73. The topological polar surface area (TPSA) is 81.9 Å². The van der Waals surface area contributed by atoms with Crippen LogP contribution in [0.2, 0.25) is 0 Å². The van der Waals surface area contributed by atoms with Crippen molar-refractivity contribution in [1.29, 1.82) is 0 Å². The Morgan fingerprint density at radius 2 is 1.64 bits per heavy atom. The van der Waals surface area contributed by atoms with E-state index in [1.165, 1.54) is 0 Å². The fourth-order valence-electron chi connectivity index (χ4n) is 2.67. The summed E-state index contributed by atoms with van der Waals surface area (Å²) < 4.78 is 11.3. The van der Waals surface area contributed by atoms with Gasteiger partial charge in [0, 0.05) is 24.2 Å². The molecule has 0 aromatic heterocycles. The van der Waals surface area contributed by atoms with E-state index in [2.05, 4.69) is 0 Å². The van der Waals surface area contributed by atoms with Crippen molar-refractivity contribution in [2.75, 3.05) is 26.3 Å². The van der Waals surface area contributed by atoms with Gasteiger partial charge < -0.3 is 20.1 Å². The van der Waals surface area contributed by atoms with Gasteiger partial charge in [0.2, 0.25) is 12.0 Å². The zero-order valence-corrected chi connectivity index (χ0v) is 13.8. The molecule has 2 aromatic carbocycles. The Bertz CT molecular complexity index is 725. The molecule has 0 radical (unpaired) electrons. The van der Waals surface area contributed by atoms with Crippen molar-refractivity contribution in [3.05, 3.63) is 65.7 Å². The minimum atomic E-state index is -0.751. The summed E-state index contributed by atoms with van der Waals surface area (Å²) in [5, 5.41) is 0. The van der Waals surface area contributed by atoms with Crippen molar-refractivity contribution in [2.24, 2.45) is 5.73 Å². The number of morpholine rings is 1. The molecular weight excluding hydrogens is 320 g/mol. The maximum absolute atomic E-state index is 12.9. The number of carbonyl (C=O) groups excluding carboxylic acids is 2. The highest BCUT2D eigenvalue weighted by atomic mass is 16.5. The van der Waals surface area contributed by atoms with Crippen molar-refractivity contribution in [1.82, 2.24) is 4.90 Å². The highest BCUT2D eigenvalue weighted by molar-refractivity contribution is 5.92. The Labute approximate surface area is 146 Å². The molecule has 3 rings (SSSR count). The third-order valence-electron chi connectivity index (χ3n) is 4.04. The monoisotopic (exact) mass is 340 g/mol. The number of primary amides is 1. The van der Waals surface area contributed by atoms with E-state index in [4.69, 9.17) is 15.2 Å². The molecule has 6 heteroatoms. The van der Waals surface area contributed by atoms with Crippen LogP contribution in [0.3, 0.4) is 0 Å². The van der Waals surface area contributed by atoms with Gasteiger partial charge in [0.25, 0.3) is 5.91 Å². The Morgan fingerprint density at radius 1 is 1.00 bits per heavy atom. The zero-order chi connectivity index (χ0) is 17.6. The van der Waals surface area contributed by atoms with Gasteiger partial charge in [-0.15, -0.1) is 0 Å². The summed E-state index contributed by atoms with van der Waals surface area (Å²) in [6.07, 6.45) is -0.751. The molecule has 6 nitrogen and oxygen atoms in total. The number of nitrogens with two attached hydrogens (primary N) is 1. The van der Waals surface area contributed by atoms with Crippen LogP contribution in [0, 0.1) is 0 Å². The third-order valence-corrected chi connectivity index (χ3v) is 4.04. The van der Waals surface area contributed by atoms with E-state index in [0.717, 1.165) is 5.56 Å². The normalized spacial score (nSPS) is 15.4. The molecule has 25 heavy (non-hydrogen) atoms. The van der Waals surface area contributed by atoms with Gasteiger partial charge in [-0.3, -0.25) is 9.59 Å². The van der Waals surface area contributed by atoms with Gasteiger partial charge in [0.15, 0.2) is 0 Å². The van der Waals surface area contributed by atoms with Gasteiger partial charge in [-0.2, -0.15) is 0 Å². The first-order valence-corrected chi connectivity index (χ1v) is 8.13. The number of ether oxygens (including phenoxy) is 2. The van der Waals surface area contributed by atoms with Crippen LogP contribution >= 0.6 is 0 Å². The maximum Gasteiger partial charge on any atom is 0.268 e. The van der Waals surface area contributed by atoms with E-state index in [-0.39, 0.29) is 5.91 Å². The van der Waals surface area contributed by atoms with Crippen molar-refractivity contribution >= 4 is 11.8 Å². The van der Waals surface area contributed by atoms with Crippen LogP contribution in [-0.2, 0) is 9.53 Å². The van der Waals surface area contributed by atoms with E-state index in [1.54, 1.807) is 29.2 Å². The maximum atomic E-state index is 12.9. The standard InChI is InChI=1S/C19H20N2O4/c20-18(22)15-6-8-16(9-7-15)25-17(14-4-2-1-3-5-14)19(23)21-10-12-24-13-11-21/h1-9,17H,10-13H2,(H2,20,22). The lowest BCUT2D eigenvalue weighted by atomic mass is 10.1. The average Bonchev–Trinajstić information content (AvgIpc) is 2.67. The summed E-state index contributed by atoms with van der Waals surface area (Å²) in [5.74, 6) is -0.107. The number of hydrogen-bond acceptors (Lipinski definition) is 4. The first-order chi connectivity index (χ1) is 12.1. The Hall–Kier alpha value is -2.86. The predicted molar refractivity (Wildman–Crippen MR) is 92.2 cm³/mol.